The van der Waals surface area contributed by atoms with E-state index in [1.54, 1.807) is 31.2 Å². The third-order valence-electron chi connectivity index (χ3n) is 4.41. The van der Waals surface area contributed by atoms with E-state index in [1.807, 2.05) is 18.2 Å². The van der Waals surface area contributed by atoms with E-state index >= 15 is 0 Å². The number of rotatable bonds is 6. The van der Waals surface area contributed by atoms with Crippen LogP contribution in [-0.4, -0.2) is 34.2 Å². The summed E-state index contributed by atoms with van der Waals surface area (Å²) in [6.45, 7) is 7.70. The van der Waals surface area contributed by atoms with Crippen molar-refractivity contribution in [3.8, 4) is 5.75 Å². The molecule has 6 nitrogen and oxygen atoms in total. The average Bonchev–Trinajstić information content (AvgIpc) is 2.58. The van der Waals surface area contributed by atoms with Gasteiger partial charge in [0.2, 0.25) is 15.9 Å². The Morgan fingerprint density at radius 2 is 1.79 bits per heavy atom. The topological polar surface area (TPSA) is 75.7 Å². The first-order chi connectivity index (χ1) is 12.9. The van der Waals surface area contributed by atoms with E-state index in [4.69, 9.17) is 4.74 Å². The van der Waals surface area contributed by atoms with Gasteiger partial charge in [-0.05, 0) is 41.7 Å². The number of nitrogens with one attached hydrogen (secondary N) is 1. The zero-order valence-corrected chi connectivity index (χ0v) is 18.1. The van der Waals surface area contributed by atoms with Gasteiger partial charge in [-0.2, -0.15) is 0 Å². The maximum absolute atomic E-state index is 12.7. The molecule has 0 aliphatic carbocycles. The summed E-state index contributed by atoms with van der Waals surface area (Å²) in [6.07, 6.45) is 1.09. The number of nitrogens with zero attached hydrogens (tertiary/aromatic N) is 1. The second-order valence-corrected chi connectivity index (χ2v) is 9.68. The van der Waals surface area contributed by atoms with Gasteiger partial charge in [-0.3, -0.25) is 9.10 Å². The number of amides is 1. The predicted octanol–water partition coefficient (Wildman–Crippen LogP) is 3.71. The van der Waals surface area contributed by atoms with Gasteiger partial charge in [0, 0.05) is 0 Å². The Balaban J connectivity index is 2.32. The molecule has 0 heterocycles. The van der Waals surface area contributed by atoms with Crippen molar-refractivity contribution in [2.24, 2.45) is 0 Å². The summed E-state index contributed by atoms with van der Waals surface area (Å²) in [5.41, 5.74) is 2.69. The lowest BCUT2D eigenvalue weighted by atomic mass is 9.87. The van der Waals surface area contributed by atoms with Gasteiger partial charge in [-0.15, -0.1) is 0 Å². The quantitative estimate of drug-likeness (QED) is 0.796. The molecule has 0 atom stereocenters. The molecule has 0 unspecified atom stereocenters. The van der Waals surface area contributed by atoms with Crippen molar-refractivity contribution in [1.82, 2.24) is 0 Å². The highest BCUT2D eigenvalue weighted by Gasteiger charge is 2.23. The highest BCUT2D eigenvalue weighted by molar-refractivity contribution is 7.92. The van der Waals surface area contributed by atoms with E-state index in [2.05, 4.69) is 26.1 Å². The molecule has 2 aromatic carbocycles. The number of para-hydroxylation sites is 1. The molecule has 28 heavy (non-hydrogen) atoms. The van der Waals surface area contributed by atoms with Crippen molar-refractivity contribution in [1.29, 1.82) is 0 Å². The third-order valence-corrected chi connectivity index (χ3v) is 5.54. The summed E-state index contributed by atoms with van der Waals surface area (Å²) in [4.78, 5) is 12.7. The molecule has 0 aromatic heterocycles. The van der Waals surface area contributed by atoms with Gasteiger partial charge in [-0.1, -0.05) is 45.0 Å². The van der Waals surface area contributed by atoms with Crippen molar-refractivity contribution in [3.63, 3.8) is 0 Å². The Kier molecular flexibility index (Phi) is 6.39. The fourth-order valence-electron chi connectivity index (χ4n) is 2.82. The smallest absolute Gasteiger partial charge is 0.245 e. The largest absolute Gasteiger partial charge is 0.495 e. The number of ether oxygens (including phenoxy) is 1. The minimum atomic E-state index is -3.63. The zero-order chi connectivity index (χ0) is 21.1. The number of anilines is 2. The van der Waals surface area contributed by atoms with Crippen LogP contribution < -0.4 is 14.4 Å². The molecule has 0 aliphatic rings. The molecule has 0 aliphatic heterocycles. The van der Waals surface area contributed by atoms with Crippen LogP contribution in [0, 0.1) is 6.92 Å². The molecular weight excluding hydrogens is 376 g/mol. The number of hydrogen-bond acceptors (Lipinski definition) is 4. The molecule has 0 bridgehead atoms. The summed E-state index contributed by atoms with van der Waals surface area (Å²) in [6, 6.07) is 12.7. The summed E-state index contributed by atoms with van der Waals surface area (Å²) in [7, 11) is -2.11. The van der Waals surface area contributed by atoms with Gasteiger partial charge in [-0.25, -0.2) is 8.42 Å². The van der Waals surface area contributed by atoms with Crippen LogP contribution in [0.2, 0.25) is 0 Å². The number of methoxy groups -OCH3 is 1. The normalized spacial score (nSPS) is 11.8. The molecule has 2 rings (SSSR count). The second-order valence-electron chi connectivity index (χ2n) is 7.77. The Labute approximate surface area is 167 Å². The summed E-state index contributed by atoms with van der Waals surface area (Å²) in [5, 5.41) is 2.80. The van der Waals surface area contributed by atoms with E-state index in [-0.39, 0.29) is 12.0 Å². The van der Waals surface area contributed by atoms with E-state index in [9.17, 15) is 13.2 Å². The minimum absolute atomic E-state index is 0.105. The number of carbonyl (C=O) groups is 1. The molecule has 0 fully saturated rings. The van der Waals surface area contributed by atoms with Crippen LogP contribution in [0.15, 0.2) is 42.5 Å². The lowest BCUT2D eigenvalue weighted by Gasteiger charge is -2.24. The molecule has 7 heteroatoms. The first-order valence-electron chi connectivity index (χ1n) is 8.95. The van der Waals surface area contributed by atoms with Crippen LogP contribution in [0.1, 0.15) is 31.9 Å². The van der Waals surface area contributed by atoms with E-state index in [0.29, 0.717) is 17.1 Å². The van der Waals surface area contributed by atoms with Crippen molar-refractivity contribution < 1.29 is 17.9 Å². The third kappa shape index (κ3) is 5.25. The standard InChI is InChI=1S/C21H28N2O4S/c1-15-9-7-8-10-18(15)23(28(6,25)26)14-20(24)22-17-13-16(21(2,3)4)11-12-19(17)27-5/h7-13H,14H2,1-6H3,(H,22,24). The van der Waals surface area contributed by atoms with E-state index in [0.717, 1.165) is 21.7 Å². The first-order valence-corrected chi connectivity index (χ1v) is 10.8. The van der Waals surface area contributed by atoms with E-state index < -0.39 is 15.9 Å². The molecule has 1 N–H and O–H groups in total. The van der Waals surface area contributed by atoms with Crippen molar-refractivity contribution >= 4 is 27.3 Å². The van der Waals surface area contributed by atoms with Gasteiger partial charge in [0.05, 0.1) is 24.7 Å². The number of carbonyl (C=O) groups excluding carboxylic acids is 1. The lowest BCUT2D eigenvalue weighted by molar-refractivity contribution is -0.114. The highest BCUT2D eigenvalue weighted by Crippen LogP contribution is 2.31. The highest BCUT2D eigenvalue weighted by atomic mass is 32.2. The molecular formula is C21H28N2O4S. The van der Waals surface area contributed by atoms with Gasteiger partial charge >= 0.3 is 0 Å². The molecule has 1 amide bonds. The van der Waals surface area contributed by atoms with Crippen LogP contribution in [-0.2, 0) is 20.2 Å². The van der Waals surface area contributed by atoms with Gasteiger partial charge in [0.1, 0.15) is 12.3 Å². The summed E-state index contributed by atoms with van der Waals surface area (Å²) >= 11 is 0. The maximum atomic E-state index is 12.7. The van der Waals surface area contributed by atoms with Crippen LogP contribution in [0.5, 0.6) is 5.75 Å². The Bertz CT molecular complexity index is 963. The molecule has 0 saturated carbocycles. The summed E-state index contributed by atoms with van der Waals surface area (Å²) < 4.78 is 31.1. The maximum Gasteiger partial charge on any atom is 0.245 e. The Hall–Kier alpha value is -2.54. The predicted molar refractivity (Wildman–Crippen MR) is 114 cm³/mol. The van der Waals surface area contributed by atoms with Crippen molar-refractivity contribution in [3.05, 3.63) is 53.6 Å². The number of benzene rings is 2. The van der Waals surface area contributed by atoms with Crippen LogP contribution >= 0.6 is 0 Å². The van der Waals surface area contributed by atoms with Gasteiger partial charge in [0.25, 0.3) is 0 Å². The fourth-order valence-corrected chi connectivity index (χ4v) is 3.73. The average molecular weight is 405 g/mol. The van der Waals surface area contributed by atoms with Crippen LogP contribution in [0.4, 0.5) is 11.4 Å². The van der Waals surface area contributed by atoms with Gasteiger partial charge < -0.3 is 10.1 Å². The van der Waals surface area contributed by atoms with Crippen molar-refractivity contribution in [2.45, 2.75) is 33.1 Å². The lowest BCUT2D eigenvalue weighted by Crippen LogP contribution is -2.38. The first kappa shape index (κ1) is 21.8. The molecule has 0 spiro atoms. The molecule has 152 valence electrons. The monoisotopic (exact) mass is 404 g/mol. The minimum Gasteiger partial charge on any atom is -0.495 e. The SMILES string of the molecule is COc1ccc(C(C)(C)C)cc1NC(=O)CN(c1ccccc1C)S(C)(=O)=O. The van der Waals surface area contributed by atoms with Gasteiger partial charge in [0.15, 0.2) is 0 Å². The molecule has 0 radical (unpaired) electrons. The zero-order valence-electron chi connectivity index (χ0n) is 17.2. The number of aryl methyl sites for hydroxylation is 1. The molecule has 2 aromatic rings. The Morgan fingerprint density at radius 3 is 2.32 bits per heavy atom. The fraction of sp³-hybridized carbons (Fsp3) is 0.381. The van der Waals surface area contributed by atoms with Crippen molar-refractivity contribution in [2.75, 3.05) is 29.5 Å². The van der Waals surface area contributed by atoms with E-state index in [1.165, 1.54) is 7.11 Å². The summed E-state index contributed by atoms with van der Waals surface area (Å²) in [5.74, 6) is 0.0705. The second kappa shape index (κ2) is 8.22. The van der Waals surface area contributed by atoms with Crippen LogP contribution in [0.3, 0.4) is 0 Å². The number of hydrogen-bond donors (Lipinski definition) is 1. The number of sulfonamides is 1. The Morgan fingerprint density at radius 1 is 1.14 bits per heavy atom. The molecule has 0 saturated heterocycles. The van der Waals surface area contributed by atoms with Crippen LogP contribution in [0.25, 0.3) is 0 Å².